The number of esters is 1. The van der Waals surface area contributed by atoms with E-state index >= 15 is 0 Å². The number of carbonyl (C=O) groups excluding carboxylic acids is 1. The lowest BCUT2D eigenvalue weighted by Crippen LogP contribution is -2.39. The van der Waals surface area contributed by atoms with Crippen molar-refractivity contribution in [3.05, 3.63) is 18.5 Å². The first-order chi connectivity index (χ1) is 6.66. The fourth-order valence-electron chi connectivity index (χ4n) is 1.12. The molecule has 0 fully saturated rings. The Balaban J connectivity index is 2.61. The van der Waals surface area contributed by atoms with Gasteiger partial charge in [0.25, 0.3) is 0 Å². The first kappa shape index (κ1) is 10.7. The van der Waals surface area contributed by atoms with E-state index in [4.69, 9.17) is 10.5 Å². The molecule has 0 saturated heterocycles. The summed E-state index contributed by atoms with van der Waals surface area (Å²) in [5.74, 6) is -0.393. The van der Waals surface area contributed by atoms with Gasteiger partial charge >= 0.3 is 5.97 Å². The van der Waals surface area contributed by atoms with Crippen molar-refractivity contribution in [3.63, 3.8) is 0 Å². The Morgan fingerprint density at radius 3 is 2.93 bits per heavy atom. The third-order valence-corrected chi connectivity index (χ3v) is 2.02. The molecule has 2 unspecified atom stereocenters. The van der Waals surface area contributed by atoms with Gasteiger partial charge < -0.3 is 10.5 Å². The van der Waals surface area contributed by atoms with Crippen molar-refractivity contribution < 1.29 is 9.53 Å². The Morgan fingerprint density at radius 1 is 1.71 bits per heavy atom. The average molecular weight is 197 g/mol. The number of aromatic nitrogens is 2. The second-order valence-electron chi connectivity index (χ2n) is 3.00. The molecule has 1 aromatic heterocycles. The average Bonchev–Trinajstić information content (AvgIpc) is 2.68. The Kier molecular flexibility index (Phi) is 3.64. The van der Waals surface area contributed by atoms with Gasteiger partial charge in [0.1, 0.15) is 6.04 Å². The Hall–Kier alpha value is -1.36. The molecule has 0 aliphatic carbocycles. The summed E-state index contributed by atoms with van der Waals surface area (Å²) >= 11 is 0. The van der Waals surface area contributed by atoms with Crippen molar-refractivity contribution in [3.8, 4) is 0 Å². The van der Waals surface area contributed by atoms with Gasteiger partial charge in [0, 0.05) is 12.4 Å². The van der Waals surface area contributed by atoms with Crippen LogP contribution in [-0.4, -0.2) is 28.4 Å². The minimum atomic E-state index is -0.671. The van der Waals surface area contributed by atoms with Crippen LogP contribution >= 0.6 is 0 Å². The van der Waals surface area contributed by atoms with Crippen LogP contribution in [0, 0.1) is 0 Å². The number of hydrogen-bond donors (Lipinski definition) is 1. The van der Waals surface area contributed by atoms with E-state index < -0.39 is 12.0 Å². The van der Waals surface area contributed by atoms with Crippen molar-refractivity contribution in [2.24, 2.45) is 5.73 Å². The number of nitrogens with two attached hydrogens (primary N) is 1. The minimum Gasteiger partial charge on any atom is -0.465 e. The van der Waals surface area contributed by atoms with Gasteiger partial charge in [-0.3, -0.25) is 9.48 Å². The molecule has 5 heteroatoms. The summed E-state index contributed by atoms with van der Waals surface area (Å²) < 4.78 is 6.46. The number of hydrogen-bond acceptors (Lipinski definition) is 4. The van der Waals surface area contributed by atoms with Gasteiger partial charge in [-0.2, -0.15) is 5.10 Å². The van der Waals surface area contributed by atoms with Crippen molar-refractivity contribution in [2.45, 2.75) is 25.9 Å². The number of carbonyl (C=O) groups is 1. The van der Waals surface area contributed by atoms with E-state index in [1.54, 1.807) is 30.1 Å². The molecule has 0 spiro atoms. The van der Waals surface area contributed by atoms with Crippen molar-refractivity contribution >= 4 is 5.97 Å². The number of nitrogens with zero attached hydrogens (tertiary/aromatic N) is 2. The van der Waals surface area contributed by atoms with Gasteiger partial charge in [-0.15, -0.1) is 0 Å². The Bertz CT molecular complexity index is 284. The minimum absolute atomic E-state index is 0.191. The molecule has 0 saturated carbocycles. The fourth-order valence-corrected chi connectivity index (χ4v) is 1.12. The topological polar surface area (TPSA) is 70.1 Å². The maximum atomic E-state index is 11.3. The molecular formula is C9H15N3O2. The van der Waals surface area contributed by atoms with Gasteiger partial charge in [-0.1, -0.05) is 0 Å². The lowest BCUT2D eigenvalue weighted by Gasteiger charge is -2.18. The van der Waals surface area contributed by atoms with E-state index in [2.05, 4.69) is 5.10 Å². The monoisotopic (exact) mass is 197 g/mol. The highest BCUT2D eigenvalue weighted by Crippen LogP contribution is 2.08. The highest BCUT2D eigenvalue weighted by molar-refractivity contribution is 5.76. The fraction of sp³-hybridized carbons (Fsp3) is 0.556. The van der Waals surface area contributed by atoms with Gasteiger partial charge in [-0.25, -0.2) is 0 Å². The Labute approximate surface area is 82.8 Å². The first-order valence-corrected chi connectivity index (χ1v) is 4.58. The highest BCUT2D eigenvalue weighted by atomic mass is 16.5. The van der Waals surface area contributed by atoms with Crippen LogP contribution in [0.15, 0.2) is 18.5 Å². The largest absolute Gasteiger partial charge is 0.465 e. The molecular weight excluding hydrogens is 182 g/mol. The lowest BCUT2D eigenvalue weighted by molar-refractivity contribution is -0.145. The van der Waals surface area contributed by atoms with Crippen LogP contribution in [0.4, 0.5) is 0 Å². The van der Waals surface area contributed by atoms with E-state index in [1.807, 2.05) is 6.92 Å². The van der Waals surface area contributed by atoms with Crippen LogP contribution in [0.2, 0.25) is 0 Å². The van der Waals surface area contributed by atoms with E-state index in [9.17, 15) is 4.79 Å². The lowest BCUT2D eigenvalue weighted by atomic mass is 10.1. The van der Waals surface area contributed by atoms with E-state index in [1.165, 1.54) is 0 Å². The van der Waals surface area contributed by atoms with Gasteiger partial charge in [0.2, 0.25) is 0 Å². The van der Waals surface area contributed by atoms with Crippen molar-refractivity contribution in [2.75, 3.05) is 6.61 Å². The third-order valence-electron chi connectivity index (χ3n) is 2.02. The standard InChI is InChI=1S/C9H15N3O2/c1-3-14-9(13)8(10)7(2)12-6-4-5-11-12/h4-8H,3,10H2,1-2H3. The predicted molar refractivity (Wildman–Crippen MR) is 51.5 cm³/mol. The third kappa shape index (κ3) is 2.32. The number of ether oxygens (including phenoxy) is 1. The van der Waals surface area contributed by atoms with Gasteiger partial charge in [0.15, 0.2) is 0 Å². The predicted octanol–water partition coefficient (Wildman–Crippen LogP) is 0.334. The second kappa shape index (κ2) is 4.76. The molecule has 0 aromatic carbocycles. The SMILES string of the molecule is CCOC(=O)C(N)C(C)n1cccn1. The quantitative estimate of drug-likeness (QED) is 0.706. The van der Waals surface area contributed by atoms with E-state index in [0.29, 0.717) is 6.61 Å². The summed E-state index contributed by atoms with van der Waals surface area (Å²) in [7, 11) is 0. The van der Waals surface area contributed by atoms with E-state index in [-0.39, 0.29) is 6.04 Å². The summed E-state index contributed by atoms with van der Waals surface area (Å²) in [6, 6.07) is 0.924. The number of rotatable bonds is 4. The first-order valence-electron chi connectivity index (χ1n) is 4.58. The normalized spacial score (nSPS) is 14.8. The van der Waals surface area contributed by atoms with Crippen molar-refractivity contribution in [1.29, 1.82) is 0 Å². The summed E-state index contributed by atoms with van der Waals surface area (Å²) in [6.07, 6.45) is 3.41. The smallest absolute Gasteiger partial charge is 0.325 e. The highest BCUT2D eigenvalue weighted by Gasteiger charge is 2.23. The zero-order valence-electron chi connectivity index (χ0n) is 8.38. The molecule has 14 heavy (non-hydrogen) atoms. The van der Waals surface area contributed by atoms with Gasteiger partial charge in [0.05, 0.1) is 12.6 Å². The molecule has 1 rings (SSSR count). The molecule has 0 bridgehead atoms. The molecule has 0 aliphatic heterocycles. The summed E-state index contributed by atoms with van der Waals surface area (Å²) in [5, 5.41) is 4.01. The van der Waals surface area contributed by atoms with Crippen LogP contribution in [0.5, 0.6) is 0 Å². The van der Waals surface area contributed by atoms with Gasteiger partial charge in [-0.05, 0) is 19.9 Å². The van der Waals surface area contributed by atoms with Crippen LogP contribution in [-0.2, 0) is 9.53 Å². The summed E-state index contributed by atoms with van der Waals surface area (Å²) in [6.45, 7) is 3.93. The molecule has 5 nitrogen and oxygen atoms in total. The van der Waals surface area contributed by atoms with Crippen LogP contribution < -0.4 is 5.73 Å². The van der Waals surface area contributed by atoms with Crippen LogP contribution in [0.3, 0.4) is 0 Å². The molecule has 1 heterocycles. The molecule has 0 amide bonds. The molecule has 2 N–H and O–H groups in total. The maximum Gasteiger partial charge on any atom is 0.325 e. The zero-order chi connectivity index (χ0) is 10.6. The van der Waals surface area contributed by atoms with Crippen molar-refractivity contribution in [1.82, 2.24) is 9.78 Å². The summed E-state index contributed by atoms with van der Waals surface area (Å²) in [5.41, 5.74) is 5.70. The summed E-state index contributed by atoms with van der Waals surface area (Å²) in [4.78, 5) is 11.3. The molecule has 0 aliphatic rings. The molecule has 0 radical (unpaired) electrons. The van der Waals surface area contributed by atoms with E-state index in [0.717, 1.165) is 0 Å². The van der Waals surface area contributed by atoms with Crippen LogP contribution in [0.25, 0.3) is 0 Å². The Morgan fingerprint density at radius 2 is 2.43 bits per heavy atom. The molecule has 1 aromatic rings. The second-order valence-corrected chi connectivity index (χ2v) is 3.00. The molecule has 78 valence electrons. The van der Waals surface area contributed by atoms with Crippen LogP contribution in [0.1, 0.15) is 19.9 Å². The molecule has 2 atom stereocenters. The zero-order valence-corrected chi connectivity index (χ0v) is 8.38. The maximum absolute atomic E-state index is 11.3.